The minimum absolute atomic E-state index is 0.271. The zero-order valence-electron chi connectivity index (χ0n) is 15.6. The van der Waals surface area contributed by atoms with Gasteiger partial charge in [-0.25, -0.2) is 4.79 Å². The molecule has 0 spiro atoms. The summed E-state index contributed by atoms with van der Waals surface area (Å²) in [6.45, 7) is 9.86. The number of allylic oxidation sites excluding steroid dienone is 1. The molecule has 0 bridgehead atoms. The Kier molecular flexibility index (Phi) is 8.47. The first-order valence-electron chi connectivity index (χ1n) is 8.61. The highest BCUT2D eigenvalue weighted by Gasteiger charge is 2.12. The highest BCUT2D eigenvalue weighted by atomic mass is 16.2. The molecule has 0 aliphatic rings. The molecule has 2 N–H and O–H groups in total. The van der Waals surface area contributed by atoms with E-state index in [0.29, 0.717) is 24.4 Å². The van der Waals surface area contributed by atoms with Gasteiger partial charge < -0.3 is 15.4 Å². The van der Waals surface area contributed by atoms with E-state index in [2.05, 4.69) is 31.1 Å². The lowest BCUT2D eigenvalue weighted by atomic mass is 10.0. The minimum Gasteiger partial charge on any atom is -0.388 e. The van der Waals surface area contributed by atoms with Gasteiger partial charge >= 0.3 is 6.03 Å². The standard InChI is InChI=1S/C20H29N3O2/c1-6-15(3)10-11-23(7-2)20(25)22-18-13-16(4)19(21-5)17(14-18)9-8-12-24/h7,10-15,21H,2,6,8-9H2,1,3-5H3,(H,22,25)/b11-10-. The number of hydrogen-bond acceptors (Lipinski definition) is 3. The van der Waals surface area contributed by atoms with Crippen molar-refractivity contribution in [3.8, 4) is 0 Å². The van der Waals surface area contributed by atoms with Crippen LogP contribution in [-0.4, -0.2) is 24.3 Å². The molecule has 0 fully saturated rings. The van der Waals surface area contributed by atoms with Crippen LogP contribution in [0.1, 0.15) is 37.8 Å². The zero-order chi connectivity index (χ0) is 18.8. The molecule has 0 radical (unpaired) electrons. The van der Waals surface area contributed by atoms with Gasteiger partial charge in [0.15, 0.2) is 0 Å². The topological polar surface area (TPSA) is 61.4 Å². The number of carbonyl (C=O) groups excluding carboxylic acids is 2. The lowest BCUT2D eigenvalue weighted by Crippen LogP contribution is -2.26. The van der Waals surface area contributed by atoms with Crippen LogP contribution in [0, 0.1) is 12.8 Å². The number of amides is 2. The van der Waals surface area contributed by atoms with Crippen LogP contribution in [0.2, 0.25) is 0 Å². The van der Waals surface area contributed by atoms with E-state index in [1.54, 1.807) is 6.20 Å². The summed E-state index contributed by atoms with van der Waals surface area (Å²) in [7, 11) is 1.85. The fourth-order valence-electron chi connectivity index (χ4n) is 2.48. The molecule has 0 saturated heterocycles. The Morgan fingerprint density at radius 1 is 1.40 bits per heavy atom. The average molecular weight is 343 g/mol. The second-order valence-electron chi connectivity index (χ2n) is 6.03. The highest BCUT2D eigenvalue weighted by Crippen LogP contribution is 2.26. The lowest BCUT2D eigenvalue weighted by Gasteiger charge is -2.18. The van der Waals surface area contributed by atoms with Crippen molar-refractivity contribution >= 4 is 23.7 Å². The van der Waals surface area contributed by atoms with Gasteiger partial charge in [0.1, 0.15) is 6.29 Å². The molecule has 136 valence electrons. The number of rotatable bonds is 9. The summed E-state index contributed by atoms with van der Waals surface area (Å²) < 4.78 is 0. The Labute approximate surface area is 150 Å². The zero-order valence-corrected chi connectivity index (χ0v) is 15.6. The molecular weight excluding hydrogens is 314 g/mol. The van der Waals surface area contributed by atoms with Crippen molar-refractivity contribution < 1.29 is 9.59 Å². The number of urea groups is 1. The van der Waals surface area contributed by atoms with Gasteiger partial charge in [0, 0.05) is 37.2 Å². The maximum Gasteiger partial charge on any atom is 0.329 e. The molecule has 1 unspecified atom stereocenters. The van der Waals surface area contributed by atoms with Gasteiger partial charge in [-0.05, 0) is 42.5 Å². The highest BCUT2D eigenvalue weighted by molar-refractivity contribution is 5.91. The Bertz CT molecular complexity index is 638. The van der Waals surface area contributed by atoms with Crippen molar-refractivity contribution in [2.45, 2.75) is 40.0 Å². The third kappa shape index (κ3) is 6.10. The van der Waals surface area contributed by atoms with Gasteiger partial charge in [-0.2, -0.15) is 0 Å². The molecule has 25 heavy (non-hydrogen) atoms. The minimum atomic E-state index is -0.271. The molecule has 1 aromatic rings. The summed E-state index contributed by atoms with van der Waals surface area (Å²) in [5.74, 6) is 0.391. The molecule has 0 aliphatic heterocycles. The Morgan fingerprint density at radius 2 is 2.12 bits per heavy atom. The van der Waals surface area contributed by atoms with Crippen LogP contribution >= 0.6 is 0 Å². The second kappa shape index (κ2) is 10.3. The normalized spacial score (nSPS) is 11.8. The fourth-order valence-corrected chi connectivity index (χ4v) is 2.48. The van der Waals surface area contributed by atoms with Gasteiger partial charge in [-0.1, -0.05) is 32.9 Å². The van der Waals surface area contributed by atoms with E-state index in [4.69, 9.17) is 0 Å². The summed E-state index contributed by atoms with van der Waals surface area (Å²) in [5, 5.41) is 6.05. The van der Waals surface area contributed by atoms with Crippen molar-refractivity contribution in [3.05, 3.63) is 48.3 Å². The van der Waals surface area contributed by atoms with E-state index in [1.807, 2.05) is 32.2 Å². The van der Waals surface area contributed by atoms with E-state index in [-0.39, 0.29) is 6.03 Å². The van der Waals surface area contributed by atoms with Crippen LogP contribution in [0.25, 0.3) is 0 Å². The number of carbonyl (C=O) groups is 2. The van der Waals surface area contributed by atoms with Crippen molar-refractivity contribution in [2.24, 2.45) is 5.92 Å². The van der Waals surface area contributed by atoms with Gasteiger partial charge in [-0.3, -0.25) is 4.90 Å². The average Bonchev–Trinajstić information content (AvgIpc) is 2.59. The number of nitrogens with one attached hydrogen (secondary N) is 2. The molecule has 0 aromatic heterocycles. The summed E-state index contributed by atoms with van der Waals surface area (Å²) in [6.07, 6.45) is 8.18. The van der Waals surface area contributed by atoms with Gasteiger partial charge in [0.05, 0.1) is 0 Å². The Morgan fingerprint density at radius 3 is 2.68 bits per heavy atom. The predicted octanol–water partition coefficient (Wildman–Crippen LogP) is 4.71. The third-order valence-corrected chi connectivity index (χ3v) is 4.10. The number of anilines is 2. The monoisotopic (exact) mass is 343 g/mol. The molecular formula is C20H29N3O2. The Balaban J connectivity index is 2.98. The van der Waals surface area contributed by atoms with Crippen LogP contribution < -0.4 is 10.6 Å². The van der Waals surface area contributed by atoms with Crippen LogP contribution in [0.5, 0.6) is 0 Å². The van der Waals surface area contributed by atoms with Crippen molar-refractivity contribution in [1.29, 1.82) is 0 Å². The van der Waals surface area contributed by atoms with E-state index in [9.17, 15) is 9.59 Å². The number of benzene rings is 1. The Hall–Kier alpha value is -2.56. The molecule has 1 atom stereocenters. The molecule has 5 nitrogen and oxygen atoms in total. The van der Waals surface area contributed by atoms with E-state index < -0.39 is 0 Å². The summed E-state index contributed by atoms with van der Waals surface area (Å²) >= 11 is 0. The maximum absolute atomic E-state index is 12.5. The van der Waals surface area contributed by atoms with Gasteiger partial charge in [0.25, 0.3) is 0 Å². The first-order valence-corrected chi connectivity index (χ1v) is 8.61. The number of nitrogens with zero attached hydrogens (tertiary/aromatic N) is 1. The van der Waals surface area contributed by atoms with Gasteiger partial charge in [-0.15, -0.1) is 0 Å². The number of aldehydes is 1. The SMILES string of the molecule is C=CN(/C=C\C(C)CC)C(=O)Nc1cc(C)c(NC)c(CCC=O)c1. The third-order valence-electron chi connectivity index (χ3n) is 4.10. The largest absolute Gasteiger partial charge is 0.388 e. The van der Waals surface area contributed by atoms with Gasteiger partial charge in [0.2, 0.25) is 0 Å². The molecule has 5 heteroatoms. The quantitative estimate of drug-likeness (QED) is 0.639. The molecule has 0 heterocycles. The summed E-state index contributed by atoms with van der Waals surface area (Å²) in [4.78, 5) is 24.6. The van der Waals surface area contributed by atoms with Crippen molar-refractivity contribution in [3.63, 3.8) is 0 Å². The van der Waals surface area contributed by atoms with Crippen LogP contribution in [0.15, 0.2) is 37.2 Å². The second-order valence-corrected chi connectivity index (χ2v) is 6.03. The summed E-state index contributed by atoms with van der Waals surface area (Å²) in [5.41, 5.74) is 3.72. The van der Waals surface area contributed by atoms with Crippen molar-refractivity contribution in [1.82, 2.24) is 4.90 Å². The van der Waals surface area contributed by atoms with Crippen molar-refractivity contribution in [2.75, 3.05) is 17.7 Å². The number of aryl methyl sites for hydroxylation is 2. The van der Waals surface area contributed by atoms with E-state index in [1.165, 1.54) is 11.1 Å². The molecule has 0 saturated carbocycles. The first kappa shape index (κ1) is 20.5. The molecule has 1 aromatic carbocycles. The molecule has 1 rings (SSSR count). The maximum atomic E-state index is 12.5. The summed E-state index contributed by atoms with van der Waals surface area (Å²) in [6, 6.07) is 3.54. The van der Waals surface area contributed by atoms with Crippen LogP contribution in [0.3, 0.4) is 0 Å². The lowest BCUT2D eigenvalue weighted by molar-refractivity contribution is -0.107. The molecule has 2 amide bonds. The van der Waals surface area contributed by atoms with Crippen LogP contribution in [-0.2, 0) is 11.2 Å². The number of hydrogen-bond donors (Lipinski definition) is 2. The smallest absolute Gasteiger partial charge is 0.329 e. The predicted molar refractivity (Wildman–Crippen MR) is 105 cm³/mol. The van der Waals surface area contributed by atoms with Crippen LogP contribution in [0.4, 0.5) is 16.2 Å². The van der Waals surface area contributed by atoms with E-state index in [0.717, 1.165) is 29.5 Å². The first-order chi connectivity index (χ1) is 12.0. The fraction of sp³-hybridized carbons (Fsp3) is 0.400. The molecule has 0 aliphatic carbocycles. The van der Waals surface area contributed by atoms with E-state index >= 15 is 0 Å².